The van der Waals surface area contributed by atoms with E-state index in [0.717, 1.165) is 22.6 Å². The molecule has 2 rings (SSSR count). The predicted molar refractivity (Wildman–Crippen MR) is 63.7 cm³/mol. The Balaban J connectivity index is 1.83. The van der Waals surface area contributed by atoms with Crippen molar-refractivity contribution in [1.29, 1.82) is 0 Å². The number of aromatic nitrogens is 2. The lowest BCUT2D eigenvalue weighted by atomic mass is 10.2. The van der Waals surface area contributed by atoms with Crippen LogP contribution in [-0.2, 0) is 6.42 Å². The van der Waals surface area contributed by atoms with Crippen molar-refractivity contribution < 1.29 is 4.79 Å². The van der Waals surface area contributed by atoms with Gasteiger partial charge in [0.15, 0.2) is 0 Å². The second kappa shape index (κ2) is 4.94. The number of nitrogens with zero attached hydrogens (tertiary/aromatic N) is 1. The summed E-state index contributed by atoms with van der Waals surface area (Å²) in [6.07, 6.45) is 4.18. The van der Waals surface area contributed by atoms with E-state index in [1.165, 1.54) is 11.3 Å². The number of rotatable bonds is 4. The molecule has 0 aromatic carbocycles. The van der Waals surface area contributed by atoms with Gasteiger partial charge in [0, 0.05) is 24.9 Å². The highest BCUT2D eigenvalue weighted by atomic mass is 32.1. The molecule has 0 aliphatic heterocycles. The van der Waals surface area contributed by atoms with Crippen LogP contribution < -0.4 is 5.32 Å². The van der Waals surface area contributed by atoms with Gasteiger partial charge in [0.05, 0.1) is 11.2 Å². The van der Waals surface area contributed by atoms with Crippen molar-refractivity contribution in [2.24, 2.45) is 0 Å². The zero-order valence-electron chi connectivity index (χ0n) is 8.99. The van der Waals surface area contributed by atoms with Crippen LogP contribution in [0.25, 0.3) is 0 Å². The quantitative estimate of drug-likeness (QED) is 0.848. The van der Waals surface area contributed by atoms with E-state index < -0.39 is 0 Å². The molecule has 2 aromatic heterocycles. The van der Waals surface area contributed by atoms with Gasteiger partial charge in [0.25, 0.3) is 5.91 Å². The zero-order chi connectivity index (χ0) is 11.4. The summed E-state index contributed by atoms with van der Waals surface area (Å²) in [6.45, 7) is 2.57. The molecular weight excluding hydrogens is 222 g/mol. The maximum absolute atomic E-state index is 11.7. The zero-order valence-corrected chi connectivity index (χ0v) is 9.80. The Morgan fingerprint density at radius 3 is 3.12 bits per heavy atom. The van der Waals surface area contributed by atoms with Crippen LogP contribution in [-0.4, -0.2) is 22.4 Å². The van der Waals surface area contributed by atoms with Gasteiger partial charge in [-0.05, 0) is 23.9 Å². The normalized spacial score (nSPS) is 10.3. The second-order valence-corrected chi connectivity index (χ2v) is 4.43. The molecule has 0 spiro atoms. The minimum Gasteiger partial charge on any atom is -0.351 e. The Bertz CT molecular complexity index is 461. The van der Waals surface area contributed by atoms with E-state index in [1.807, 2.05) is 18.4 Å². The van der Waals surface area contributed by atoms with Gasteiger partial charge in [0.1, 0.15) is 0 Å². The van der Waals surface area contributed by atoms with E-state index in [-0.39, 0.29) is 5.91 Å². The first-order chi connectivity index (χ1) is 7.77. The Morgan fingerprint density at radius 1 is 1.62 bits per heavy atom. The molecule has 0 fully saturated rings. The van der Waals surface area contributed by atoms with E-state index in [9.17, 15) is 4.79 Å². The molecular formula is C11H13N3OS. The molecule has 0 atom stereocenters. The number of hydrogen-bond donors (Lipinski definition) is 2. The number of hydrogen-bond acceptors (Lipinski definition) is 3. The average molecular weight is 235 g/mol. The van der Waals surface area contributed by atoms with Crippen LogP contribution in [0.5, 0.6) is 0 Å². The summed E-state index contributed by atoms with van der Waals surface area (Å²) in [5.74, 6) is 0.00650. The summed E-state index contributed by atoms with van der Waals surface area (Å²) in [4.78, 5) is 19.4. The maximum Gasteiger partial charge on any atom is 0.261 e. The standard InChI is InChI=1S/C11H13N3OS/c1-8-3-5-16-10(8)11(15)13-4-2-9-6-12-7-14-9/h3,5-7H,2,4H2,1H3,(H,12,14)(H,13,15). The Hall–Kier alpha value is -1.62. The third kappa shape index (κ3) is 2.49. The lowest BCUT2D eigenvalue weighted by molar-refractivity contribution is 0.0957. The van der Waals surface area contributed by atoms with Crippen molar-refractivity contribution >= 4 is 17.2 Å². The fourth-order valence-electron chi connectivity index (χ4n) is 1.42. The van der Waals surface area contributed by atoms with Crippen LogP contribution in [0.2, 0.25) is 0 Å². The first-order valence-corrected chi connectivity index (χ1v) is 5.95. The van der Waals surface area contributed by atoms with Crippen LogP contribution in [0.15, 0.2) is 24.0 Å². The van der Waals surface area contributed by atoms with E-state index in [4.69, 9.17) is 0 Å². The van der Waals surface area contributed by atoms with Gasteiger partial charge in [-0.1, -0.05) is 0 Å². The fourth-order valence-corrected chi connectivity index (χ4v) is 2.26. The van der Waals surface area contributed by atoms with Crippen molar-refractivity contribution in [3.63, 3.8) is 0 Å². The number of nitrogens with one attached hydrogen (secondary N) is 2. The minimum absolute atomic E-state index is 0.00650. The summed E-state index contributed by atoms with van der Waals surface area (Å²) in [7, 11) is 0. The summed E-state index contributed by atoms with van der Waals surface area (Å²) in [5.41, 5.74) is 2.06. The molecule has 0 bridgehead atoms. The summed E-state index contributed by atoms with van der Waals surface area (Å²) >= 11 is 1.47. The van der Waals surface area contributed by atoms with Crippen LogP contribution in [0.3, 0.4) is 0 Å². The van der Waals surface area contributed by atoms with Gasteiger partial charge in [-0.2, -0.15) is 0 Å². The van der Waals surface area contributed by atoms with Crippen molar-refractivity contribution in [1.82, 2.24) is 15.3 Å². The van der Waals surface area contributed by atoms with E-state index in [0.29, 0.717) is 6.54 Å². The summed E-state index contributed by atoms with van der Waals surface area (Å²) in [5, 5.41) is 4.82. The lowest BCUT2D eigenvalue weighted by Gasteiger charge is -2.03. The number of amides is 1. The lowest BCUT2D eigenvalue weighted by Crippen LogP contribution is -2.25. The predicted octanol–water partition coefficient (Wildman–Crippen LogP) is 1.75. The Kier molecular flexibility index (Phi) is 3.36. The molecule has 5 heteroatoms. The summed E-state index contributed by atoms with van der Waals surface area (Å²) in [6, 6.07) is 1.95. The molecule has 0 saturated carbocycles. The molecule has 0 saturated heterocycles. The van der Waals surface area contributed by atoms with Gasteiger partial charge in [-0.3, -0.25) is 4.79 Å². The number of thiophene rings is 1. The first-order valence-electron chi connectivity index (χ1n) is 5.07. The number of carbonyl (C=O) groups is 1. The molecule has 0 aliphatic rings. The average Bonchev–Trinajstić information content (AvgIpc) is 2.88. The van der Waals surface area contributed by atoms with Crippen molar-refractivity contribution in [3.05, 3.63) is 40.1 Å². The van der Waals surface area contributed by atoms with Gasteiger partial charge >= 0.3 is 0 Å². The molecule has 2 N–H and O–H groups in total. The third-order valence-electron chi connectivity index (χ3n) is 2.30. The number of H-pyrrole nitrogens is 1. The van der Waals surface area contributed by atoms with E-state index in [1.54, 1.807) is 12.5 Å². The highest BCUT2D eigenvalue weighted by Crippen LogP contribution is 2.14. The second-order valence-electron chi connectivity index (χ2n) is 3.52. The maximum atomic E-state index is 11.7. The van der Waals surface area contributed by atoms with Crippen LogP contribution >= 0.6 is 11.3 Å². The van der Waals surface area contributed by atoms with E-state index in [2.05, 4.69) is 15.3 Å². The molecule has 1 amide bonds. The van der Waals surface area contributed by atoms with Gasteiger partial charge < -0.3 is 10.3 Å². The molecule has 2 heterocycles. The van der Waals surface area contributed by atoms with Gasteiger partial charge in [-0.15, -0.1) is 11.3 Å². The number of aryl methyl sites for hydroxylation is 1. The number of carbonyl (C=O) groups excluding carboxylic acids is 1. The Labute approximate surface area is 97.7 Å². The van der Waals surface area contributed by atoms with Crippen LogP contribution in [0.1, 0.15) is 20.9 Å². The first kappa shape index (κ1) is 10.9. The molecule has 2 aromatic rings. The molecule has 4 nitrogen and oxygen atoms in total. The Morgan fingerprint density at radius 2 is 2.50 bits per heavy atom. The van der Waals surface area contributed by atoms with Crippen LogP contribution in [0, 0.1) is 6.92 Å². The monoisotopic (exact) mass is 235 g/mol. The number of aromatic amines is 1. The van der Waals surface area contributed by atoms with Gasteiger partial charge in [0.2, 0.25) is 0 Å². The number of imidazole rings is 1. The molecule has 0 unspecified atom stereocenters. The molecule has 0 radical (unpaired) electrons. The smallest absolute Gasteiger partial charge is 0.261 e. The fraction of sp³-hybridized carbons (Fsp3) is 0.273. The van der Waals surface area contributed by atoms with Crippen molar-refractivity contribution in [2.75, 3.05) is 6.54 Å². The van der Waals surface area contributed by atoms with Crippen LogP contribution in [0.4, 0.5) is 0 Å². The molecule has 0 aliphatic carbocycles. The molecule has 84 valence electrons. The largest absolute Gasteiger partial charge is 0.351 e. The highest BCUT2D eigenvalue weighted by Gasteiger charge is 2.09. The van der Waals surface area contributed by atoms with Gasteiger partial charge in [-0.25, -0.2) is 4.98 Å². The van der Waals surface area contributed by atoms with E-state index >= 15 is 0 Å². The van der Waals surface area contributed by atoms with Crippen molar-refractivity contribution in [2.45, 2.75) is 13.3 Å². The molecule has 16 heavy (non-hydrogen) atoms. The highest BCUT2D eigenvalue weighted by molar-refractivity contribution is 7.12. The summed E-state index contributed by atoms with van der Waals surface area (Å²) < 4.78 is 0. The third-order valence-corrected chi connectivity index (χ3v) is 3.32. The SMILES string of the molecule is Cc1ccsc1C(=O)NCCc1cnc[nH]1. The topological polar surface area (TPSA) is 57.8 Å². The van der Waals surface area contributed by atoms with Crippen molar-refractivity contribution in [3.8, 4) is 0 Å². The minimum atomic E-state index is 0.00650.